The van der Waals surface area contributed by atoms with Gasteiger partial charge < -0.3 is 20.8 Å². The van der Waals surface area contributed by atoms with Crippen LogP contribution in [0.5, 0.6) is 5.75 Å². The summed E-state index contributed by atoms with van der Waals surface area (Å²) in [4.78, 5) is 30.7. The van der Waals surface area contributed by atoms with E-state index < -0.39 is 23.3 Å². The van der Waals surface area contributed by atoms with Crippen LogP contribution in [0.4, 0.5) is 15.8 Å². The second-order valence-corrected chi connectivity index (χ2v) is 15.6. The molecule has 8 atom stereocenters. The topological polar surface area (TPSA) is 158 Å². The minimum Gasteiger partial charge on any atom is -0.508 e. The van der Waals surface area contributed by atoms with E-state index in [1.54, 1.807) is 17.8 Å². The summed E-state index contributed by atoms with van der Waals surface area (Å²) in [5, 5.41) is 39.9. The van der Waals surface area contributed by atoms with Gasteiger partial charge in [-0.3, -0.25) is 14.3 Å². The number of phenols is 1. The second-order valence-electron chi connectivity index (χ2n) is 15.6. The molecule has 1 unspecified atom stereocenters. The molecule has 0 saturated heterocycles. The van der Waals surface area contributed by atoms with E-state index in [1.807, 2.05) is 30.3 Å². The van der Waals surface area contributed by atoms with Gasteiger partial charge in [-0.05, 0) is 121 Å². The lowest BCUT2D eigenvalue weighted by molar-refractivity contribution is -0.116. The van der Waals surface area contributed by atoms with Crippen LogP contribution in [-0.4, -0.2) is 47.2 Å². The standard InChI is InChI=1S/C40H42FN7O4/c1-40-14-13-27-26-9-8-25(49)16-22(26)15-21(33(27)29(40)10-11-31(40)50)5-12-32(51)44-24-6-3-20(4-7-24)36-35(38-42-19-43-48(38)2)37-34-28(39(52)47-46-37)17-23(41)18-30(34)45-36/h3-4,6-9,16-19,21,27,29,31,33,35-36,45,49-50H,5,10-15H2,1-2H3,(H,44,51)(H,47,52)/t21?,27-,29+,31+,33-,35-,36-,40+/m1/s1. The molecule has 3 heterocycles. The normalized spacial score (nSPS) is 28.8. The van der Waals surface area contributed by atoms with Gasteiger partial charge in [-0.25, -0.2) is 14.5 Å². The number of rotatable bonds is 6. The summed E-state index contributed by atoms with van der Waals surface area (Å²) >= 11 is 0. The Hall–Kier alpha value is -5.10. The maximum absolute atomic E-state index is 14.7. The number of halogens is 1. The van der Waals surface area contributed by atoms with Gasteiger partial charge in [0.1, 0.15) is 23.7 Å². The van der Waals surface area contributed by atoms with Crippen molar-refractivity contribution in [1.29, 1.82) is 0 Å². The fourth-order valence-corrected chi connectivity index (χ4v) is 10.5. The molecule has 4 aliphatic rings. The number of anilines is 2. The summed E-state index contributed by atoms with van der Waals surface area (Å²) in [6.45, 7) is 2.26. The van der Waals surface area contributed by atoms with Crippen molar-refractivity contribution in [2.24, 2.45) is 30.2 Å². The van der Waals surface area contributed by atoms with E-state index in [4.69, 9.17) is 0 Å². The Bertz CT molecular complexity index is 2270. The number of nitrogens with one attached hydrogen (secondary N) is 3. The molecule has 9 rings (SSSR count). The molecule has 1 aliphatic heterocycles. The van der Waals surface area contributed by atoms with Crippen molar-refractivity contribution >= 4 is 28.1 Å². The third-order valence-electron chi connectivity index (χ3n) is 13.0. The number of H-pyrrole nitrogens is 1. The fraction of sp³-hybridized carbons (Fsp3) is 0.425. The fourth-order valence-electron chi connectivity index (χ4n) is 10.5. The summed E-state index contributed by atoms with van der Waals surface area (Å²) in [6.07, 6.45) is 6.95. The molecule has 0 radical (unpaired) electrons. The summed E-state index contributed by atoms with van der Waals surface area (Å²) in [5.74, 6) is 1.30. The molecule has 2 fully saturated rings. The average Bonchev–Trinajstić information content (AvgIpc) is 3.69. The zero-order valence-corrected chi connectivity index (χ0v) is 29.1. The third-order valence-corrected chi connectivity index (χ3v) is 13.0. The molecule has 0 spiro atoms. The number of carbonyl (C=O) groups excluding carboxylic acids is 1. The number of hydrogen-bond donors (Lipinski definition) is 5. The van der Waals surface area contributed by atoms with Crippen molar-refractivity contribution in [3.63, 3.8) is 0 Å². The van der Waals surface area contributed by atoms with Crippen LogP contribution in [0, 0.1) is 29.0 Å². The van der Waals surface area contributed by atoms with Crippen LogP contribution < -0.4 is 16.2 Å². The molecule has 3 aliphatic carbocycles. The van der Waals surface area contributed by atoms with Crippen LogP contribution in [0.15, 0.2) is 65.7 Å². The number of aromatic hydroxyl groups is 1. The highest BCUT2D eigenvalue weighted by atomic mass is 19.1. The summed E-state index contributed by atoms with van der Waals surface area (Å²) in [7, 11) is 1.79. The molecular weight excluding hydrogens is 661 g/mol. The number of aliphatic hydroxyl groups is 1. The number of amides is 1. The molecule has 0 bridgehead atoms. The zero-order chi connectivity index (χ0) is 35.9. The summed E-state index contributed by atoms with van der Waals surface area (Å²) in [6, 6.07) is 15.5. The Balaban J connectivity index is 0.946. The summed E-state index contributed by atoms with van der Waals surface area (Å²) in [5.41, 5.74) is 4.50. The van der Waals surface area contributed by atoms with Crippen LogP contribution in [0.1, 0.15) is 91.5 Å². The molecule has 52 heavy (non-hydrogen) atoms. The van der Waals surface area contributed by atoms with Crippen molar-refractivity contribution in [3.05, 3.63) is 105 Å². The lowest BCUT2D eigenvalue weighted by Crippen LogP contribution is -2.47. The van der Waals surface area contributed by atoms with Crippen LogP contribution >= 0.6 is 0 Å². The number of carbonyl (C=O) groups is 1. The SMILES string of the molecule is Cn1ncnc1[C@H]1c2n[nH]c(=O)c3cc(F)cc(c23)N[C@@H]1c1ccc(NC(=O)CCC2Cc3cc(O)ccc3[C@H]3CC[C@]4(C)[C@@H](O)CC[C@H]4[C@H]23)cc1. The quantitative estimate of drug-likeness (QED) is 0.143. The van der Waals surface area contributed by atoms with E-state index in [-0.39, 0.29) is 34.5 Å². The molecule has 5 N–H and O–H groups in total. The molecule has 2 aromatic heterocycles. The van der Waals surface area contributed by atoms with E-state index in [2.05, 4.69) is 43.9 Å². The molecule has 12 heteroatoms. The smallest absolute Gasteiger partial charge is 0.272 e. The number of hydrogen-bond acceptors (Lipinski definition) is 8. The van der Waals surface area contributed by atoms with Crippen molar-refractivity contribution in [2.75, 3.05) is 10.6 Å². The second kappa shape index (κ2) is 12.3. The molecule has 3 aromatic carbocycles. The first-order valence-electron chi connectivity index (χ1n) is 18.3. The molecule has 5 aromatic rings. The van der Waals surface area contributed by atoms with Gasteiger partial charge in [0.05, 0.1) is 29.1 Å². The third kappa shape index (κ3) is 5.21. The Morgan fingerprint density at radius 2 is 1.94 bits per heavy atom. The van der Waals surface area contributed by atoms with Crippen molar-refractivity contribution < 1.29 is 19.4 Å². The van der Waals surface area contributed by atoms with Crippen LogP contribution in [0.25, 0.3) is 10.8 Å². The minimum atomic E-state index is -0.531. The van der Waals surface area contributed by atoms with Crippen molar-refractivity contribution in [1.82, 2.24) is 25.0 Å². The molecular formula is C40H42FN7O4. The number of benzene rings is 3. The number of aromatic nitrogens is 5. The molecule has 1 amide bonds. The van der Waals surface area contributed by atoms with Gasteiger partial charge >= 0.3 is 0 Å². The predicted molar refractivity (Wildman–Crippen MR) is 193 cm³/mol. The monoisotopic (exact) mass is 703 g/mol. The Morgan fingerprint density at radius 3 is 2.73 bits per heavy atom. The Morgan fingerprint density at radius 1 is 1.12 bits per heavy atom. The largest absolute Gasteiger partial charge is 0.508 e. The predicted octanol–water partition coefficient (Wildman–Crippen LogP) is 6.06. The minimum absolute atomic E-state index is 0.0620. The van der Waals surface area contributed by atoms with Crippen molar-refractivity contribution in [2.45, 2.75) is 75.9 Å². The lowest BCUT2D eigenvalue weighted by atomic mass is 9.52. The first kappa shape index (κ1) is 32.8. The first-order valence-corrected chi connectivity index (χ1v) is 18.3. The molecule has 11 nitrogen and oxygen atoms in total. The van der Waals surface area contributed by atoms with E-state index in [0.717, 1.165) is 44.1 Å². The highest BCUT2D eigenvalue weighted by Gasteiger charge is 2.56. The highest BCUT2D eigenvalue weighted by molar-refractivity contribution is 5.97. The number of phenolic OH excluding ortho intramolecular Hbond substituents is 1. The molecule has 2 saturated carbocycles. The number of aliphatic hydroxyl groups excluding tert-OH is 1. The highest BCUT2D eigenvalue weighted by Crippen LogP contribution is 2.62. The van der Waals surface area contributed by atoms with Crippen LogP contribution in [0.2, 0.25) is 0 Å². The summed E-state index contributed by atoms with van der Waals surface area (Å²) < 4.78 is 16.4. The van der Waals surface area contributed by atoms with Gasteiger partial charge in [0.25, 0.3) is 5.56 Å². The van der Waals surface area contributed by atoms with Crippen LogP contribution in [0.3, 0.4) is 0 Å². The number of aromatic amines is 1. The van der Waals surface area contributed by atoms with E-state index in [0.29, 0.717) is 52.5 Å². The van der Waals surface area contributed by atoms with Crippen LogP contribution in [-0.2, 0) is 18.3 Å². The zero-order valence-electron chi connectivity index (χ0n) is 29.1. The van der Waals surface area contributed by atoms with Gasteiger partial charge in [-0.2, -0.15) is 10.2 Å². The lowest BCUT2D eigenvalue weighted by Gasteiger charge is -2.53. The number of fused-ring (bicyclic) bond motifs is 5. The van der Waals surface area contributed by atoms with Crippen molar-refractivity contribution in [3.8, 4) is 5.75 Å². The van der Waals surface area contributed by atoms with Gasteiger partial charge in [0, 0.05) is 30.2 Å². The Labute approximate surface area is 299 Å². The van der Waals surface area contributed by atoms with E-state index >= 15 is 0 Å². The van der Waals surface area contributed by atoms with E-state index in [1.165, 1.54) is 29.6 Å². The van der Waals surface area contributed by atoms with Gasteiger partial charge in [0.2, 0.25) is 5.91 Å². The van der Waals surface area contributed by atoms with Gasteiger partial charge in [0.15, 0.2) is 0 Å². The average molecular weight is 704 g/mol. The maximum Gasteiger partial charge on any atom is 0.272 e. The maximum atomic E-state index is 14.7. The molecule has 268 valence electrons. The first-order chi connectivity index (χ1) is 25.1. The number of aryl methyl sites for hydroxylation is 1. The number of nitrogens with zero attached hydrogens (tertiary/aromatic N) is 4. The van der Waals surface area contributed by atoms with E-state index in [9.17, 15) is 24.2 Å². The Kier molecular flexibility index (Phi) is 7.73. The van der Waals surface area contributed by atoms with Gasteiger partial charge in [-0.15, -0.1) is 0 Å². The van der Waals surface area contributed by atoms with Gasteiger partial charge in [-0.1, -0.05) is 25.1 Å².